The summed E-state index contributed by atoms with van der Waals surface area (Å²) in [5.41, 5.74) is 13.0. The summed E-state index contributed by atoms with van der Waals surface area (Å²) >= 11 is 0. The SMILES string of the molecule is NCC(c1ccc(-c2cn[nH]c2)cc1)c1ccc(-c2cn[nH]c2)cc1. The summed E-state index contributed by atoms with van der Waals surface area (Å²) in [7, 11) is 0. The molecule has 0 saturated heterocycles. The summed E-state index contributed by atoms with van der Waals surface area (Å²) in [5.74, 6) is 0.178. The lowest BCUT2D eigenvalue weighted by Crippen LogP contribution is -2.13. The molecule has 4 rings (SSSR count). The van der Waals surface area contributed by atoms with E-state index in [9.17, 15) is 0 Å². The maximum atomic E-state index is 6.07. The van der Waals surface area contributed by atoms with Gasteiger partial charge in [0.05, 0.1) is 12.4 Å². The zero-order chi connectivity index (χ0) is 17.1. The van der Waals surface area contributed by atoms with Crippen LogP contribution in [0.4, 0.5) is 0 Å². The van der Waals surface area contributed by atoms with Crippen molar-refractivity contribution >= 4 is 0 Å². The number of benzene rings is 2. The molecule has 4 N–H and O–H groups in total. The highest BCUT2D eigenvalue weighted by Crippen LogP contribution is 2.28. The molecule has 0 aliphatic carbocycles. The Morgan fingerprint density at radius 3 is 1.44 bits per heavy atom. The van der Waals surface area contributed by atoms with Gasteiger partial charge in [-0.3, -0.25) is 10.2 Å². The summed E-state index contributed by atoms with van der Waals surface area (Å²) in [6.45, 7) is 0.566. The molecule has 0 radical (unpaired) electrons. The zero-order valence-corrected chi connectivity index (χ0v) is 13.7. The second-order valence-electron chi connectivity index (χ2n) is 6.01. The van der Waals surface area contributed by atoms with Crippen LogP contribution in [-0.2, 0) is 0 Å². The summed E-state index contributed by atoms with van der Waals surface area (Å²) < 4.78 is 0. The molecule has 0 unspecified atom stereocenters. The Morgan fingerprint density at radius 2 is 1.12 bits per heavy atom. The molecule has 5 heteroatoms. The molecule has 25 heavy (non-hydrogen) atoms. The van der Waals surface area contributed by atoms with Crippen LogP contribution < -0.4 is 5.73 Å². The Bertz CT molecular complexity index is 830. The molecule has 5 nitrogen and oxygen atoms in total. The Balaban J connectivity index is 1.59. The number of nitrogens with two attached hydrogens (primary N) is 1. The zero-order valence-electron chi connectivity index (χ0n) is 13.7. The first-order valence-electron chi connectivity index (χ1n) is 8.23. The predicted molar refractivity (Wildman–Crippen MR) is 98.9 cm³/mol. The Kier molecular flexibility index (Phi) is 4.14. The predicted octanol–water partition coefficient (Wildman–Crippen LogP) is 3.56. The maximum Gasteiger partial charge on any atom is 0.0565 e. The number of rotatable bonds is 5. The molecule has 0 bridgehead atoms. The highest BCUT2D eigenvalue weighted by molar-refractivity contribution is 5.63. The van der Waals surface area contributed by atoms with Gasteiger partial charge in [0.1, 0.15) is 0 Å². The highest BCUT2D eigenvalue weighted by atomic mass is 15.1. The maximum absolute atomic E-state index is 6.07. The van der Waals surface area contributed by atoms with Crippen LogP contribution in [0.3, 0.4) is 0 Å². The minimum absolute atomic E-state index is 0.178. The summed E-state index contributed by atoms with van der Waals surface area (Å²) in [6.07, 6.45) is 7.43. The van der Waals surface area contributed by atoms with Crippen molar-refractivity contribution in [1.82, 2.24) is 20.4 Å². The topological polar surface area (TPSA) is 83.4 Å². The monoisotopic (exact) mass is 329 g/mol. The Morgan fingerprint density at radius 1 is 0.680 bits per heavy atom. The van der Waals surface area contributed by atoms with Crippen LogP contribution in [0.1, 0.15) is 17.0 Å². The van der Waals surface area contributed by atoms with Crippen LogP contribution in [-0.4, -0.2) is 26.9 Å². The van der Waals surface area contributed by atoms with E-state index in [2.05, 4.69) is 68.9 Å². The van der Waals surface area contributed by atoms with E-state index in [1.165, 1.54) is 11.1 Å². The van der Waals surface area contributed by atoms with Crippen molar-refractivity contribution in [2.24, 2.45) is 5.73 Å². The first-order valence-corrected chi connectivity index (χ1v) is 8.23. The number of aromatic nitrogens is 4. The average Bonchev–Trinajstić information content (AvgIpc) is 3.38. The van der Waals surface area contributed by atoms with Crippen LogP contribution in [0.5, 0.6) is 0 Å². The van der Waals surface area contributed by atoms with Crippen molar-refractivity contribution in [2.45, 2.75) is 5.92 Å². The molecule has 0 spiro atoms. The van der Waals surface area contributed by atoms with Crippen molar-refractivity contribution in [3.63, 3.8) is 0 Å². The molecule has 2 heterocycles. The van der Waals surface area contributed by atoms with Crippen molar-refractivity contribution in [2.75, 3.05) is 6.54 Å². The van der Waals surface area contributed by atoms with Gasteiger partial charge < -0.3 is 5.73 Å². The highest BCUT2D eigenvalue weighted by Gasteiger charge is 2.13. The van der Waals surface area contributed by atoms with Crippen LogP contribution in [0, 0.1) is 0 Å². The lowest BCUT2D eigenvalue weighted by Gasteiger charge is -2.16. The van der Waals surface area contributed by atoms with Crippen molar-refractivity contribution in [3.8, 4) is 22.3 Å². The molecule has 2 aromatic heterocycles. The first-order chi connectivity index (χ1) is 12.3. The van der Waals surface area contributed by atoms with Gasteiger partial charge in [0.15, 0.2) is 0 Å². The fourth-order valence-electron chi connectivity index (χ4n) is 3.10. The van der Waals surface area contributed by atoms with E-state index >= 15 is 0 Å². The van der Waals surface area contributed by atoms with E-state index in [1.807, 2.05) is 24.8 Å². The van der Waals surface area contributed by atoms with Gasteiger partial charge in [0.2, 0.25) is 0 Å². The molecule has 0 atom stereocenters. The molecular formula is C20H19N5. The van der Waals surface area contributed by atoms with Crippen LogP contribution in [0.2, 0.25) is 0 Å². The number of hydrogen-bond acceptors (Lipinski definition) is 3. The third kappa shape index (κ3) is 3.09. The standard InChI is InChI=1S/C20H19N5/c21-9-20(16-5-1-14(2-6-16)18-10-22-23-11-18)17-7-3-15(4-8-17)19-12-24-25-13-19/h1-8,10-13,20H,9,21H2,(H,22,23)(H,24,25). The van der Waals surface area contributed by atoms with Crippen LogP contribution in [0.15, 0.2) is 73.3 Å². The van der Waals surface area contributed by atoms with E-state index in [1.54, 1.807) is 0 Å². The Labute approximate surface area is 145 Å². The van der Waals surface area contributed by atoms with Crippen LogP contribution in [0.25, 0.3) is 22.3 Å². The molecule has 0 saturated carbocycles. The number of nitrogens with one attached hydrogen (secondary N) is 2. The molecule has 0 fully saturated rings. The number of nitrogens with zero attached hydrogens (tertiary/aromatic N) is 2. The Hall–Kier alpha value is -3.18. The minimum Gasteiger partial charge on any atom is -0.330 e. The van der Waals surface area contributed by atoms with Gasteiger partial charge in [-0.2, -0.15) is 10.2 Å². The van der Waals surface area contributed by atoms with E-state index in [0.717, 1.165) is 22.3 Å². The van der Waals surface area contributed by atoms with Crippen molar-refractivity contribution in [3.05, 3.63) is 84.4 Å². The fourth-order valence-corrected chi connectivity index (χ4v) is 3.10. The first kappa shape index (κ1) is 15.4. The number of hydrogen-bond donors (Lipinski definition) is 3. The van der Waals surface area contributed by atoms with Gasteiger partial charge in [-0.15, -0.1) is 0 Å². The quantitative estimate of drug-likeness (QED) is 0.523. The van der Waals surface area contributed by atoms with Crippen molar-refractivity contribution < 1.29 is 0 Å². The van der Waals surface area contributed by atoms with Crippen LogP contribution >= 0.6 is 0 Å². The van der Waals surface area contributed by atoms with E-state index < -0.39 is 0 Å². The molecule has 0 aliphatic rings. The second-order valence-corrected chi connectivity index (χ2v) is 6.01. The third-order valence-electron chi connectivity index (χ3n) is 4.52. The van der Waals surface area contributed by atoms with Gasteiger partial charge in [0, 0.05) is 36.0 Å². The molecule has 0 amide bonds. The van der Waals surface area contributed by atoms with Gasteiger partial charge in [0.25, 0.3) is 0 Å². The smallest absolute Gasteiger partial charge is 0.0565 e. The van der Waals surface area contributed by atoms with E-state index in [0.29, 0.717) is 6.54 Å². The molecule has 124 valence electrons. The lowest BCUT2D eigenvalue weighted by atomic mass is 9.89. The number of H-pyrrole nitrogens is 2. The minimum atomic E-state index is 0.178. The van der Waals surface area contributed by atoms with Gasteiger partial charge in [-0.1, -0.05) is 48.5 Å². The molecule has 4 aromatic rings. The third-order valence-corrected chi connectivity index (χ3v) is 4.52. The average molecular weight is 329 g/mol. The largest absolute Gasteiger partial charge is 0.330 e. The van der Waals surface area contributed by atoms with Gasteiger partial charge in [-0.25, -0.2) is 0 Å². The molecule has 0 aliphatic heterocycles. The normalized spacial score (nSPS) is 11.1. The summed E-state index contributed by atoms with van der Waals surface area (Å²) in [4.78, 5) is 0. The molecule has 2 aromatic carbocycles. The van der Waals surface area contributed by atoms with E-state index in [4.69, 9.17) is 5.73 Å². The summed E-state index contributed by atoms with van der Waals surface area (Å²) in [6, 6.07) is 17.0. The van der Waals surface area contributed by atoms with Gasteiger partial charge >= 0.3 is 0 Å². The molecular weight excluding hydrogens is 310 g/mol. The van der Waals surface area contributed by atoms with Crippen molar-refractivity contribution in [1.29, 1.82) is 0 Å². The number of aromatic amines is 2. The van der Waals surface area contributed by atoms with Gasteiger partial charge in [-0.05, 0) is 22.3 Å². The lowest BCUT2D eigenvalue weighted by molar-refractivity contribution is 0.819. The fraction of sp³-hybridized carbons (Fsp3) is 0.100. The summed E-state index contributed by atoms with van der Waals surface area (Å²) in [5, 5.41) is 13.7. The van der Waals surface area contributed by atoms with E-state index in [-0.39, 0.29) is 5.92 Å². The second kappa shape index (κ2) is 6.75.